The van der Waals surface area contributed by atoms with Gasteiger partial charge in [-0.2, -0.15) is 0 Å². The fourth-order valence-electron chi connectivity index (χ4n) is 3.32. The number of amides is 2. The highest BCUT2D eigenvalue weighted by Gasteiger charge is 2.37. The quantitative estimate of drug-likeness (QED) is 0.425. The van der Waals surface area contributed by atoms with Gasteiger partial charge in [0.15, 0.2) is 6.61 Å². The molecule has 1 aliphatic rings. The molecule has 2 aromatic carbocycles. The number of nitrogens with one attached hydrogen (secondary N) is 1. The van der Waals surface area contributed by atoms with Crippen molar-refractivity contribution in [2.24, 2.45) is 5.92 Å². The predicted octanol–water partition coefficient (Wildman–Crippen LogP) is 2.69. The largest absolute Gasteiger partial charge is 0.455 e. The van der Waals surface area contributed by atoms with E-state index in [0.717, 1.165) is 17.7 Å². The first-order valence-corrected chi connectivity index (χ1v) is 9.48. The third-order valence-electron chi connectivity index (χ3n) is 4.81. The summed E-state index contributed by atoms with van der Waals surface area (Å²) in [5.74, 6) is -2.08. The number of para-hydroxylation sites is 1. The Balaban J connectivity index is 1.55. The van der Waals surface area contributed by atoms with E-state index in [9.17, 15) is 24.5 Å². The number of nitro groups is 1. The zero-order valence-electron chi connectivity index (χ0n) is 16.4. The lowest BCUT2D eigenvalue weighted by Crippen LogP contribution is -2.28. The van der Waals surface area contributed by atoms with E-state index >= 15 is 0 Å². The third kappa shape index (κ3) is 4.80. The SMILES string of the molecule is CCc1ccccc1N1C[C@@H](C(=O)OCC(=O)Nc2cccc([N+](=O)[O-])c2)CC1=O. The Morgan fingerprint density at radius 3 is 2.73 bits per heavy atom. The summed E-state index contributed by atoms with van der Waals surface area (Å²) in [4.78, 5) is 48.6. The fraction of sp³-hybridized carbons (Fsp3) is 0.286. The summed E-state index contributed by atoms with van der Waals surface area (Å²) in [7, 11) is 0. The van der Waals surface area contributed by atoms with Crippen molar-refractivity contribution < 1.29 is 24.0 Å². The highest BCUT2D eigenvalue weighted by atomic mass is 16.6. The summed E-state index contributed by atoms with van der Waals surface area (Å²) >= 11 is 0. The molecule has 9 heteroatoms. The van der Waals surface area contributed by atoms with Gasteiger partial charge in [0.1, 0.15) is 0 Å². The monoisotopic (exact) mass is 411 g/mol. The van der Waals surface area contributed by atoms with Crippen LogP contribution in [0, 0.1) is 16.0 Å². The van der Waals surface area contributed by atoms with Crippen molar-refractivity contribution in [1.82, 2.24) is 0 Å². The molecule has 1 atom stereocenters. The smallest absolute Gasteiger partial charge is 0.311 e. The number of ether oxygens (including phenoxy) is 1. The molecule has 9 nitrogen and oxygen atoms in total. The summed E-state index contributed by atoms with van der Waals surface area (Å²) in [5.41, 5.74) is 1.85. The zero-order chi connectivity index (χ0) is 21.7. The molecule has 1 heterocycles. The summed E-state index contributed by atoms with van der Waals surface area (Å²) in [6.45, 7) is 1.64. The van der Waals surface area contributed by atoms with Crippen LogP contribution in [0.3, 0.4) is 0 Å². The molecule has 0 spiro atoms. The predicted molar refractivity (Wildman–Crippen MR) is 109 cm³/mol. The van der Waals surface area contributed by atoms with Crippen LogP contribution in [0.5, 0.6) is 0 Å². The Bertz CT molecular complexity index is 990. The van der Waals surface area contributed by atoms with Crippen LogP contribution in [0.2, 0.25) is 0 Å². The van der Waals surface area contributed by atoms with Gasteiger partial charge in [0.2, 0.25) is 5.91 Å². The molecule has 2 amide bonds. The summed E-state index contributed by atoms with van der Waals surface area (Å²) in [6, 6.07) is 13.0. The normalized spacial score (nSPS) is 15.7. The number of hydrogen-bond donors (Lipinski definition) is 1. The van der Waals surface area contributed by atoms with Gasteiger partial charge in [0.25, 0.3) is 11.6 Å². The Kier molecular flexibility index (Phi) is 6.41. The number of rotatable bonds is 7. The molecule has 0 saturated carbocycles. The second kappa shape index (κ2) is 9.17. The van der Waals surface area contributed by atoms with Crippen LogP contribution in [-0.2, 0) is 25.5 Å². The number of nitro benzene ring substituents is 1. The molecule has 1 N–H and O–H groups in total. The molecule has 1 saturated heterocycles. The molecule has 30 heavy (non-hydrogen) atoms. The maximum Gasteiger partial charge on any atom is 0.311 e. The average Bonchev–Trinajstić information content (AvgIpc) is 3.13. The van der Waals surface area contributed by atoms with Gasteiger partial charge in [-0.1, -0.05) is 31.2 Å². The maximum atomic E-state index is 12.4. The molecule has 1 fully saturated rings. The van der Waals surface area contributed by atoms with Gasteiger partial charge < -0.3 is 15.0 Å². The minimum absolute atomic E-state index is 0.0172. The van der Waals surface area contributed by atoms with Crippen molar-refractivity contribution in [3.8, 4) is 0 Å². The highest BCUT2D eigenvalue weighted by molar-refractivity contribution is 6.00. The van der Waals surface area contributed by atoms with Crippen molar-refractivity contribution in [2.75, 3.05) is 23.4 Å². The number of non-ortho nitro benzene ring substituents is 1. The topological polar surface area (TPSA) is 119 Å². The molecular weight excluding hydrogens is 390 g/mol. The van der Waals surface area contributed by atoms with Gasteiger partial charge in [-0.25, -0.2) is 0 Å². The number of anilines is 2. The summed E-state index contributed by atoms with van der Waals surface area (Å²) < 4.78 is 5.06. The summed E-state index contributed by atoms with van der Waals surface area (Å²) in [5, 5.41) is 13.2. The fourth-order valence-corrected chi connectivity index (χ4v) is 3.32. The van der Waals surface area contributed by atoms with Crippen LogP contribution in [0.15, 0.2) is 48.5 Å². The number of carbonyl (C=O) groups excluding carboxylic acids is 3. The minimum atomic E-state index is -0.659. The number of hydrogen-bond acceptors (Lipinski definition) is 6. The zero-order valence-corrected chi connectivity index (χ0v) is 16.4. The van der Waals surface area contributed by atoms with Gasteiger partial charge in [0, 0.05) is 36.5 Å². The molecule has 0 aliphatic carbocycles. The van der Waals surface area contributed by atoms with E-state index in [1.807, 2.05) is 31.2 Å². The first-order chi connectivity index (χ1) is 14.4. The van der Waals surface area contributed by atoms with Gasteiger partial charge in [0.05, 0.1) is 10.8 Å². The van der Waals surface area contributed by atoms with Gasteiger partial charge in [-0.15, -0.1) is 0 Å². The Morgan fingerprint density at radius 1 is 1.23 bits per heavy atom. The molecule has 0 unspecified atom stereocenters. The van der Waals surface area contributed by atoms with E-state index in [2.05, 4.69) is 5.32 Å². The molecular formula is C21H21N3O6. The van der Waals surface area contributed by atoms with Crippen molar-refractivity contribution in [3.05, 3.63) is 64.2 Å². The molecule has 2 aromatic rings. The van der Waals surface area contributed by atoms with E-state index in [-0.39, 0.29) is 30.2 Å². The number of aryl methyl sites for hydroxylation is 1. The maximum absolute atomic E-state index is 12.4. The number of nitrogens with zero attached hydrogens (tertiary/aromatic N) is 2. The Labute approximate surface area is 172 Å². The van der Waals surface area contributed by atoms with Gasteiger partial charge in [-0.05, 0) is 24.1 Å². The lowest BCUT2D eigenvalue weighted by Gasteiger charge is -2.19. The number of esters is 1. The first kappa shape index (κ1) is 21.0. The van der Waals surface area contributed by atoms with Crippen LogP contribution in [0.4, 0.5) is 17.1 Å². The lowest BCUT2D eigenvalue weighted by molar-refractivity contribution is -0.384. The van der Waals surface area contributed by atoms with Crippen LogP contribution in [-0.4, -0.2) is 35.9 Å². The minimum Gasteiger partial charge on any atom is -0.455 e. The molecule has 3 rings (SSSR count). The van der Waals surface area contributed by atoms with Gasteiger partial charge in [-0.3, -0.25) is 24.5 Å². The van der Waals surface area contributed by atoms with E-state index in [4.69, 9.17) is 4.74 Å². The molecule has 0 radical (unpaired) electrons. The molecule has 156 valence electrons. The van der Waals surface area contributed by atoms with Crippen molar-refractivity contribution in [2.45, 2.75) is 19.8 Å². The van der Waals surface area contributed by atoms with E-state index in [1.165, 1.54) is 24.3 Å². The van der Waals surface area contributed by atoms with Crippen molar-refractivity contribution in [1.29, 1.82) is 0 Å². The number of benzene rings is 2. The second-order valence-electron chi connectivity index (χ2n) is 6.85. The third-order valence-corrected chi connectivity index (χ3v) is 4.81. The molecule has 0 bridgehead atoms. The van der Waals surface area contributed by atoms with E-state index in [1.54, 1.807) is 4.90 Å². The molecule has 1 aliphatic heterocycles. The average molecular weight is 411 g/mol. The van der Waals surface area contributed by atoms with E-state index < -0.39 is 29.3 Å². The van der Waals surface area contributed by atoms with E-state index in [0.29, 0.717) is 0 Å². The van der Waals surface area contributed by atoms with Gasteiger partial charge >= 0.3 is 5.97 Å². The lowest BCUT2D eigenvalue weighted by atomic mass is 10.1. The standard InChI is InChI=1S/C21H21N3O6/c1-2-14-6-3-4-9-18(14)23-12-15(10-20(23)26)21(27)30-13-19(25)22-16-7-5-8-17(11-16)24(28)29/h3-9,11,15H,2,10,12-13H2,1H3,(H,22,25)/t15-/m0/s1. The first-order valence-electron chi connectivity index (χ1n) is 9.48. The van der Waals surface area contributed by atoms with Crippen LogP contribution in [0.25, 0.3) is 0 Å². The Morgan fingerprint density at radius 2 is 2.00 bits per heavy atom. The van der Waals surface area contributed by atoms with Crippen LogP contribution < -0.4 is 10.2 Å². The van der Waals surface area contributed by atoms with Crippen LogP contribution in [0.1, 0.15) is 18.9 Å². The summed E-state index contributed by atoms with van der Waals surface area (Å²) in [6.07, 6.45) is 0.774. The Hall–Kier alpha value is -3.75. The molecule has 0 aromatic heterocycles. The van der Waals surface area contributed by atoms with Crippen molar-refractivity contribution >= 4 is 34.8 Å². The van der Waals surface area contributed by atoms with Crippen LogP contribution >= 0.6 is 0 Å². The second-order valence-corrected chi connectivity index (χ2v) is 6.85. The number of carbonyl (C=O) groups is 3. The van der Waals surface area contributed by atoms with Crippen molar-refractivity contribution in [3.63, 3.8) is 0 Å². The highest BCUT2D eigenvalue weighted by Crippen LogP contribution is 2.29.